The maximum Gasteiger partial charge on any atom is 0.263 e. The number of hydrogen-bond donors (Lipinski definition) is 1. The first kappa shape index (κ1) is 21.0. The quantitative estimate of drug-likeness (QED) is 0.445. The monoisotopic (exact) mass is 431 g/mol. The summed E-state index contributed by atoms with van der Waals surface area (Å²) < 4.78 is 1.47. The predicted molar refractivity (Wildman–Crippen MR) is 128 cm³/mol. The Morgan fingerprint density at radius 1 is 1.10 bits per heavy atom. The first-order valence-corrected chi connectivity index (χ1v) is 11.2. The molecule has 4 rings (SSSR count). The summed E-state index contributed by atoms with van der Waals surface area (Å²) in [5.41, 5.74) is 5.58. The summed E-state index contributed by atoms with van der Waals surface area (Å²) in [6.45, 7) is 7.86. The molecular formula is C25H25N3O2S. The van der Waals surface area contributed by atoms with Crippen LogP contribution >= 0.6 is 11.3 Å². The molecule has 0 aliphatic carbocycles. The normalized spacial score (nSPS) is 12.1. The lowest BCUT2D eigenvalue weighted by Gasteiger charge is -2.19. The second kappa shape index (κ2) is 8.47. The lowest BCUT2D eigenvalue weighted by atomic mass is 10.0. The molecule has 2 heterocycles. The molecule has 5 nitrogen and oxygen atoms in total. The molecule has 0 radical (unpaired) electrons. The lowest BCUT2D eigenvalue weighted by Crippen LogP contribution is -2.33. The third kappa shape index (κ3) is 3.91. The highest BCUT2D eigenvalue weighted by molar-refractivity contribution is 7.17. The van der Waals surface area contributed by atoms with Crippen molar-refractivity contribution < 1.29 is 4.79 Å². The van der Waals surface area contributed by atoms with Crippen LogP contribution in [0.1, 0.15) is 36.1 Å². The van der Waals surface area contributed by atoms with Gasteiger partial charge in [0.1, 0.15) is 10.9 Å². The summed E-state index contributed by atoms with van der Waals surface area (Å²) in [6, 6.07) is 13.3. The van der Waals surface area contributed by atoms with Gasteiger partial charge < -0.3 is 5.32 Å². The van der Waals surface area contributed by atoms with Crippen molar-refractivity contribution in [2.24, 2.45) is 0 Å². The third-order valence-corrected chi connectivity index (χ3v) is 6.52. The Morgan fingerprint density at radius 2 is 1.77 bits per heavy atom. The number of fused-ring (bicyclic) bond motifs is 1. The number of hydrogen-bond acceptors (Lipinski definition) is 4. The van der Waals surface area contributed by atoms with Crippen molar-refractivity contribution in [3.05, 3.63) is 81.2 Å². The predicted octanol–water partition coefficient (Wildman–Crippen LogP) is 5.64. The number of benzene rings is 2. The van der Waals surface area contributed by atoms with Gasteiger partial charge in [-0.15, -0.1) is 11.3 Å². The fourth-order valence-electron chi connectivity index (χ4n) is 3.84. The van der Waals surface area contributed by atoms with E-state index in [1.807, 2.05) is 75.5 Å². The molecule has 2 aromatic carbocycles. The number of carbonyl (C=O) groups excluding carboxylic acids is 1. The van der Waals surface area contributed by atoms with Crippen molar-refractivity contribution in [2.75, 3.05) is 5.32 Å². The van der Waals surface area contributed by atoms with E-state index in [0.717, 1.165) is 33.5 Å². The molecule has 1 unspecified atom stereocenters. The summed E-state index contributed by atoms with van der Waals surface area (Å²) in [4.78, 5) is 31.8. The minimum absolute atomic E-state index is 0.190. The minimum atomic E-state index is -0.644. The van der Waals surface area contributed by atoms with E-state index in [9.17, 15) is 9.59 Å². The van der Waals surface area contributed by atoms with E-state index >= 15 is 0 Å². The van der Waals surface area contributed by atoms with Gasteiger partial charge in [0.15, 0.2) is 0 Å². The van der Waals surface area contributed by atoms with Crippen molar-refractivity contribution in [2.45, 2.75) is 40.2 Å². The maximum atomic E-state index is 13.5. The van der Waals surface area contributed by atoms with Gasteiger partial charge in [-0.05, 0) is 43.9 Å². The number of carbonyl (C=O) groups is 1. The SMILES string of the molecule is CCC(C(=O)Nc1c(C)cccc1C)n1cnc2scc(-c3ccc(C)cc3)c2c1=O. The van der Waals surface area contributed by atoms with Crippen molar-refractivity contribution in [3.8, 4) is 11.1 Å². The van der Waals surface area contributed by atoms with Crippen LogP contribution in [-0.4, -0.2) is 15.5 Å². The van der Waals surface area contributed by atoms with E-state index in [1.54, 1.807) is 0 Å². The van der Waals surface area contributed by atoms with Gasteiger partial charge in [-0.3, -0.25) is 14.2 Å². The van der Waals surface area contributed by atoms with Gasteiger partial charge in [0.2, 0.25) is 5.91 Å². The van der Waals surface area contributed by atoms with Gasteiger partial charge in [0, 0.05) is 16.6 Å². The highest BCUT2D eigenvalue weighted by Gasteiger charge is 2.23. The number of para-hydroxylation sites is 1. The standard InChI is InChI=1S/C25H25N3O2S/c1-5-20(23(29)27-22-16(3)7-6-8-17(22)4)28-14-26-24-21(25(28)30)19(13-31-24)18-11-9-15(2)10-12-18/h6-14,20H,5H2,1-4H3,(H,27,29). The van der Waals surface area contributed by atoms with Gasteiger partial charge in [-0.25, -0.2) is 4.98 Å². The van der Waals surface area contributed by atoms with Crippen LogP contribution in [0.15, 0.2) is 59.0 Å². The number of amides is 1. The summed E-state index contributed by atoms with van der Waals surface area (Å²) in [5, 5.41) is 5.55. The van der Waals surface area contributed by atoms with Crippen molar-refractivity contribution in [1.29, 1.82) is 0 Å². The molecule has 0 aliphatic rings. The molecule has 1 atom stereocenters. The van der Waals surface area contributed by atoms with Crippen LogP contribution in [0.25, 0.3) is 21.3 Å². The Morgan fingerprint density at radius 3 is 2.42 bits per heavy atom. The zero-order chi connectivity index (χ0) is 22.1. The molecule has 0 aliphatic heterocycles. The summed E-state index contributed by atoms with van der Waals surface area (Å²) in [7, 11) is 0. The number of aryl methyl sites for hydroxylation is 3. The van der Waals surface area contributed by atoms with Crippen LogP contribution in [0.3, 0.4) is 0 Å². The summed E-state index contributed by atoms with van der Waals surface area (Å²) in [5.74, 6) is -0.213. The number of aromatic nitrogens is 2. The Labute approximate surface area is 185 Å². The van der Waals surface area contributed by atoms with Gasteiger partial charge in [-0.2, -0.15) is 0 Å². The van der Waals surface area contributed by atoms with Gasteiger partial charge in [-0.1, -0.05) is 55.0 Å². The van der Waals surface area contributed by atoms with Crippen LogP contribution in [0.4, 0.5) is 5.69 Å². The highest BCUT2D eigenvalue weighted by Crippen LogP contribution is 2.31. The number of anilines is 1. The minimum Gasteiger partial charge on any atom is -0.324 e. The second-order valence-electron chi connectivity index (χ2n) is 7.83. The first-order chi connectivity index (χ1) is 14.9. The lowest BCUT2D eigenvalue weighted by molar-refractivity contribution is -0.119. The van der Waals surface area contributed by atoms with Gasteiger partial charge in [0.05, 0.1) is 11.7 Å². The average Bonchev–Trinajstić information content (AvgIpc) is 3.18. The molecule has 158 valence electrons. The van der Waals surface area contributed by atoms with Crippen LogP contribution in [0, 0.1) is 20.8 Å². The zero-order valence-corrected chi connectivity index (χ0v) is 18.9. The van der Waals surface area contributed by atoms with E-state index < -0.39 is 6.04 Å². The highest BCUT2D eigenvalue weighted by atomic mass is 32.1. The molecule has 0 saturated carbocycles. The molecule has 1 N–H and O–H groups in total. The Kier molecular flexibility index (Phi) is 5.74. The number of nitrogens with one attached hydrogen (secondary N) is 1. The molecule has 0 saturated heterocycles. The average molecular weight is 432 g/mol. The van der Waals surface area contributed by atoms with E-state index in [1.165, 1.54) is 22.2 Å². The van der Waals surface area contributed by atoms with E-state index in [2.05, 4.69) is 10.3 Å². The van der Waals surface area contributed by atoms with E-state index in [-0.39, 0.29) is 11.5 Å². The molecule has 0 fully saturated rings. The van der Waals surface area contributed by atoms with Crippen molar-refractivity contribution in [1.82, 2.24) is 9.55 Å². The fraction of sp³-hybridized carbons (Fsp3) is 0.240. The Hall–Kier alpha value is -3.25. The van der Waals surface area contributed by atoms with E-state index in [4.69, 9.17) is 0 Å². The summed E-state index contributed by atoms with van der Waals surface area (Å²) >= 11 is 1.45. The summed E-state index contributed by atoms with van der Waals surface area (Å²) in [6.07, 6.45) is 1.98. The molecule has 0 bridgehead atoms. The van der Waals surface area contributed by atoms with E-state index in [0.29, 0.717) is 16.6 Å². The van der Waals surface area contributed by atoms with Crippen LogP contribution < -0.4 is 10.9 Å². The van der Waals surface area contributed by atoms with Crippen molar-refractivity contribution >= 4 is 33.1 Å². The molecular weight excluding hydrogens is 406 g/mol. The van der Waals surface area contributed by atoms with Crippen LogP contribution in [0.5, 0.6) is 0 Å². The molecule has 2 aromatic heterocycles. The molecule has 6 heteroatoms. The van der Waals surface area contributed by atoms with Gasteiger partial charge >= 0.3 is 0 Å². The van der Waals surface area contributed by atoms with Crippen LogP contribution in [0.2, 0.25) is 0 Å². The maximum absolute atomic E-state index is 13.5. The number of thiophene rings is 1. The first-order valence-electron chi connectivity index (χ1n) is 10.3. The third-order valence-electron chi connectivity index (χ3n) is 5.64. The zero-order valence-electron chi connectivity index (χ0n) is 18.1. The van der Waals surface area contributed by atoms with Crippen molar-refractivity contribution in [3.63, 3.8) is 0 Å². The number of nitrogens with zero attached hydrogens (tertiary/aromatic N) is 2. The number of rotatable bonds is 5. The molecule has 0 spiro atoms. The molecule has 4 aromatic rings. The second-order valence-corrected chi connectivity index (χ2v) is 8.69. The molecule has 31 heavy (non-hydrogen) atoms. The van der Waals surface area contributed by atoms with Gasteiger partial charge in [0.25, 0.3) is 5.56 Å². The molecule has 1 amide bonds. The van der Waals surface area contributed by atoms with Crippen LogP contribution in [-0.2, 0) is 4.79 Å². The fourth-order valence-corrected chi connectivity index (χ4v) is 4.75. The smallest absolute Gasteiger partial charge is 0.263 e. The largest absolute Gasteiger partial charge is 0.324 e. The Bertz CT molecular complexity index is 1300. The Balaban J connectivity index is 1.76. The topological polar surface area (TPSA) is 64.0 Å².